The van der Waals surface area contributed by atoms with E-state index in [1.807, 2.05) is 0 Å². The van der Waals surface area contributed by atoms with Crippen LogP contribution in [0.25, 0.3) is 0 Å². The summed E-state index contributed by atoms with van der Waals surface area (Å²) in [6.07, 6.45) is 1.65. The molecule has 0 bridgehead atoms. The fourth-order valence-corrected chi connectivity index (χ4v) is 2.96. The van der Waals surface area contributed by atoms with Crippen molar-refractivity contribution in [3.63, 3.8) is 0 Å². The second-order valence-electron chi connectivity index (χ2n) is 5.96. The van der Waals surface area contributed by atoms with E-state index in [9.17, 15) is 0 Å². The summed E-state index contributed by atoms with van der Waals surface area (Å²) in [4.78, 5) is 0. The van der Waals surface area contributed by atoms with Crippen molar-refractivity contribution in [1.82, 2.24) is 0 Å². The lowest BCUT2D eigenvalue weighted by molar-refractivity contribution is -0.282. The molecule has 2 atom stereocenters. The zero-order chi connectivity index (χ0) is 10.8. The Balaban J connectivity index is 0.00000112. The van der Waals surface area contributed by atoms with Crippen LogP contribution in [0.3, 0.4) is 0 Å². The van der Waals surface area contributed by atoms with Crippen LogP contribution in [0, 0.1) is 10.8 Å². The van der Waals surface area contributed by atoms with Crippen molar-refractivity contribution in [3.8, 4) is 0 Å². The van der Waals surface area contributed by atoms with E-state index >= 15 is 0 Å². The molecule has 0 radical (unpaired) electrons. The molecule has 1 spiro atoms. The average molecular weight is 266 g/mol. The minimum Gasteiger partial charge on any atom is -0.346 e. The molecule has 0 amide bonds. The predicted octanol–water partition coefficient (Wildman–Crippen LogP) is 3.19. The Morgan fingerprint density at radius 2 is 1.12 bits per heavy atom. The predicted molar refractivity (Wildman–Crippen MR) is 76.8 cm³/mol. The van der Waals surface area contributed by atoms with E-state index < -0.39 is 0 Å². The maximum absolute atomic E-state index is 6.06. The maximum atomic E-state index is 6.06. The Bertz CT molecular complexity index is 238. The van der Waals surface area contributed by atoms with Crippen molar-refractivity contribution >= 4 is 27.0 Å². The lowest BCUT2D eigenvalue weighted by atomic mass is 10.0. The Kier molecular flexibility index (Phi) is 4.55. The fraction of sp³-hybridized carbons (Fsp3) is 1.00. The molecule has 2 rings (SSSR count). The fourth-order valence-electron chi connectivity index (χ4n) is 2.96. The van der Waals surface area contributed by atoms with Crippen LogP contribution in [0.1, 0.15) is 48.0 Å². The Labute approximate surface area is 113 Å². The van der Waals surface area contributed by atoms with Crippen molar-refractivity contribution in [2.75, 3.05) is 0 Å². The van der Waals surface area contributed by atoms with Gasteiger partial charge in [0.25, 0.3) is 0 Å². The molecule has 1 saturated carbocycles. The summed E-state index contributed by atoms with van der Waals surface area (Å²) in [6.45, 7) is 13.2. The van der Waals surface area contributed by atoms with E-state index in [2.05, 4.69) is 41.5 Å². The van der Waals surface area contributed by atoms with Crippen LogP contribution in [0.4, 0.5) is 0 Å². The largest absolute Gasteiger partial charge is 0.346 e. The molecule has 1 aliphatic heterocycles. The SMILES string of the molecule is C[C@H]1C[C@H](C)OC2(O1)C(C)(C)C2(C)C.S.S. The highest BCUT2D eigenvalue weighted by Crippen LogP contribution is 2.75. The maximum Gasteiger partial charge on any atom is 0.180 e. The highest BCUT2D eigenvalue weighted by Gasteiger charge is 2.81. The van der Waals surface area contributed by atoms with Crippen molar-refractivity contribution < 1.29 is 9.47 Å². The van der Waals surface area contributed by atoms with Gasteiger partial charge in [-0.2, -0.15) is 27.0 Å². The highest BCUT2D eigenvalue weighted by molar-refractivity contribution is 7.59. The van der Waals surface area contributed by atoms with Gasteiger partial charge >= 0.3 is 0 Å². The van der Waals surface area contributed by atoms with E-state index in [0.29, 0.717) is 12.2 Å². The third-order valence-electron chi connectivity index (χ3n) is 4.54. The molecule has 4 heteroatoms. The number of ether oxygens (including phenoxy) is 2. The molecular formula is C12H26O2S2. The van der Waals surface area contributed by atoms with Crippen LogP contribution in [0.5, 0.6) is 0 Å². The summed E-state index contributed by atoms with van der Waals surface area (Å²) in [5, 5.41) is 0. The topological polar surface area (TPSA) is 18.5 Å². The summed E-state index contributed by atoms with van der Waals surface area (Å²) in [6, 6.07) is 0. The first-order chi connectivity index (χ1) is 6.24. The summed E-state index contributed by atoms with van der Waals surface area (Å²) < 4.78 is 12.1. The number of rotatable bonds is 0. The molecule has 1 heterocycles. The van der Waals surface area contributed by atoms with Gasteiger partial charge in [0, 0.05) is 10.8 Å². The van der Waals surface area contributed by atoms with E-state index in [4.69, 9.17) is 9.47 Å². The third-order valence-corrected chi connectivity index (χ3v) is 4.54. The summed E-state index contributed by atoms with van der Waals surface area (Å²) in [5.41, 5.74) is 0.256. The molecule has 1 aliphatic carbocycles. The lowest BCUT2D eigenvalue weighted by Gasteiger charge is -2.36. The molecule has 0 unspecified atom stereocenters. The smallest absolute Gasteiger partial charge is 0.180 e. The first-order valence-corrected chi connectivity index (χ1v) is 5.60. The minimum atomic E-state index is -0.336. The van der Waals surface area contributed by atoms with Crippen molar-refractivity contribution in [3.05, 3.63) is 0 Å². The number of hydrogen-bond acceptors (Lipinski definition) is 2. The Morgan fingerprint density at radius 3 is 1.38 bits per heavy atom. The van der Waals surface area contributed by atoms with Crippen molar-refractivity contribution in [2.45, 2.75) is 66.0 Å². The Morgan fingerprint density at radius 1 is 0.812 bits per heavy atom. The van der Waals surface area contributed by atoms with Gasteiger partial charge < -0.3 is 9.47 Å². The molecule has 0 aromatic rings. The molecule has 0 aromatic heterocycles. The monoisotopic (exact) mass is 266 g/mol. The molecule has 16 heavy (non-hydrogen) atoms. The second-order valence-corrected chi connectivity index (χ2v) is 5.96. The van der Waals surface area contributed by atoms with E-state index in [1.165, 1.54) is 0 Å². The molecule has 2 fully saturated rings. The van der Waals surface area contributed by atoms with Crippen LogP contribution in [-0.4, -0.2) is 18.0 Å². The van der Waals surface area contributed by atoms with Gasteiger partial charge in [-0.25, -0.2) is 0 Å². The van der Waals surface area contributed by atoms with Crippen LogP contribution in [0.15, 0.2) is 0 Å². The molecule has 0 aromatic carbocycles. The molecule has 0 N–H and O–H groups in total. The lowest BCUT2D eigenvalue weighted by Crippen LogP contribution is -2.41. The van der Waals surface area contributed by atoms with Gasteiger partial charge in [-0.3, -0.25) is 0 Å². The van der Waals surface area contributed by atoms with Gasteiger partial charge in [-0.15, -0.1) is 0 Å². The van der Waals surface area contributed by atoms with E-state index in [0.717, 1.165) is 6.42 Å². The van der Waals surface area contributed by atoms with Crippen LogP contribution >= 0.6 is 27.0 Å². The minimum absolute atomic E-state index is 0. The van der Waals surface area contributed by atoms with Crippen LogP contribution < -0.4 is 0 Å². The first-order valence-electron chi connectivity index (χ1n) is 5.60. The van der Waals surface area contributed by atoms with E-state index in [-0.39, 0.29) is 43.6 Å². The quantitative estimate of drug-likeness (QED) is 0.670. The van der Waals surface area contributed by atoms with Crippen LogP contribution in [0.2, 0.25) is 0 Å². The first kappa shape index (κ1) is 16.6. The zero-order valence-corrected chi connectivity index (χ0v) is 13.2. The summed E-state index contributed by atoms with van der Waals surface area (Å²) >= 11 is 0. The van der Waals surface area contributed by atoms with Gasteiger partial charge in [0.05, 0.1) is 12.2 Å². The van der Waals surface area contributed by atoms with Crippen molar-refractivity contribution in [1.29, 1.82) is 0 Å². The van der Waals surface area contributed by atoms with Gasteiger partial charge in [0.2, 0.25) is 0 Å². The molecule has 2 aliphatic rings. The Hall–Kier alpha value is 0.620. The highest BCUT2D eigenvalue weighted by atomic mass is 32.1. The molecular weight excluding hydrogens is 240 g/mol. The van der Waals surface area contributed by atoms with Gasteiger partial charge in [-0.1, -0.05) is 27.7 Å². The van der Waals surface area contributed by atoms with Gasteiger partial charge in [-0.05, 0) is 20.3 Å². The summed E-state index contributed by atoms with van der Waals surface area (Å²) in [7, 11) is 0. The molecule has 2 nitrogen and oxygen atoms in total. The molecule has 1 saturated heterocycles. The normalized spacial score (nSPS) is 37.1. The molecule has 98 valence electrons. The average Bonchev–Trinajstić information content (AvgIpc) is 2.27. The number of hydrogen-bond donors (Lipinski definition) is 0. The van der Waals surface area contributed by atoms with Crippen LogP contribution in [-0.2, 0) is 9.47 Å². The van der Waals surface area contributed by atoms with Crippen molar-refractivity contribution in [2.24, 2.45) is 10.8 Å². The van der Waals surface area contributed by atoms with E-state index in [1.54, 1.807) is 0 Å². The third kappa shape index (κ3) is 1.73. The zero-order valence-electron chi connectivity index (χ0n) is 11.2. The van der Waals surface area contributed by atoms with Gasteiger partial charge in [0.15, 0.2) is 5.79 Å². The van der Waals surface area contributed by atoms with Gasteiger partial charge in [0.1, 0.15) is 0 Å². The summed E-state index contributed by atoms with van der Waals surface area (Å²) in [5.74, 6) is -0.336. The second kappa shape index (κ2) is 4.38. The standard InChI is InChI=1S/C12H22O2.2H2S/c1-8-7-9(2)14-12(13-8)10(3,4)11(12,5)6;;/h8-9H,7H2,1-6H3;2*1H2/t8-,9-;;/m0../s1.